The lowest BCUT2D eigenvalue weighted by Gasteiger charge is -2.43. The van der Waals surface area contributed by atoms with Crippen molar-refractivity contribution in [1.29, 1.82) is 0 Å². The number of hydrogen-bond donors (Lipinski definition) is 0. The molecule has 6 heteroatoms. The summed E-state index contributed by atoms with van der Waals surface area (Å²) in [4.78, 5) is 23.4. The maximum Gasteiger partial charge on any atom is 0.235 e. The number of aryl methyl sites for hydroxylation is 1. The molecule has 2 aromatic heterocycles. The van der Waals surface area contributed by atoms with Gasteiger partial charge in [-0.15, -0.1) is 0 Å². The van der Waals surface area contributed by atoms with E-state index in [1.165, 1.54) is 0 Å². The van der Waals surface area contributed by atoms with Gasteiger partial charge in [0.25, 0.3) is 0 Å². The zero-order valence-electron chi connectivity index (χ0n) is 23.9. The molecule has 6 rings (SSSR count). The average molecular weight is 533 g/mol. The second-order valence-electron chi connectivity index (χ2n) is 11.1. The summed E-state index contributed by atoms with van der Waals surface area (Å²) in [5, 5.41) is 3.18. The minimum absolute atomic E-state index is 0.0396. The minimum Gasteiger partial charge on any atom is -0.495 e. The predicted molar refractivity (Wildman–Crippen MR) is 164 cm³/mol. The molecule has 0 spiro atoms. The Hall–Kier alpha value is -4.16. The van der Waals surface area contributed by atoms with Gasteiger partial charge in [0.05, 0.1) is 30.4 Å². The van der Waals surface area contributed by atoms with Crippen LogP contribution in [0.2, 0.25) is 0 Å². The van der Waals surface area contributed by atoms with Crippen molar-refractivity contribution in [2.24, 2.45) is 0 Å². The maximum atomic E-state index is 13.8. The predicted octanol–water partition coefficient (Wildman–Crippen LogP) is 6.59. The van der Waals surface area contributed by atoms with Gasteiger partial charge in [-0.1, -0.05) is 42.5 Å². The van der Waals surface area contributed by atoms with E-state index in [1.807, 2.05) is 49.5 Å². The summed E-state index contributed by atoms with van der Waals surface area (Å²) in [6.45, 7) is 8.33. The lowest BCUT2D eigenvalue weighted by atomic mass is 9.95. The number of likely N-dealkylation sites (N-methyl/N-ethyl adjacent to an activating group) is 1. The topological polar surface area (TPSA) is 50.6 Å². The fraction of sp³-hybridized carbons (Fsp3) is 0.294. The van der Waals surface area contributed by atoms with Crippen molar-refractivity contribution in [3.05, 3.63) is 90.3 Å². The summed E-state index contributed by atoms with van der Waals surface area (Å²) < 4.78 is 7.62. The van der Waals surface area contributed by atoms with Crippen LogP contribution in [0.1, 0.15) is 29.9 Å². The first-order valence-electron chi connectivity index (χ1n) is 14.0. The Kier molecular flexibility index (Phi) is 6.80. The molecule has 0 aliphatic carbocycles. The van der Waals surface area contributed by atoms with Gasteiger partial charge in [-0.3, -0.25) is 19.2 Å². The minimum atomic E-state index is 0.0396. The summed E-state index contributed by atoms with van der Waals surface area (Å²) in [5.41, 5.74) is 5.96. The summed E-state index contributed by atoms with van der Waals surface area (Å²) in [5.74, 6) is 0.880. The number of hydrogen-bond acceptors (Lipinski definition) is 5. The van der Waals surface area contributed by atoms with E-state index in [1.54, 1.807) is 11.7 Å². The van der Waals surface area contributed by atoms with E-state index in [9.17, 15) is 4.79 Å². The monoisotopic (exact) mass is 532 g/mol. The van der Waals surface area contributed by atoms with Crippen molar-refractivity contribution in [3.8, 4) is 17.0 Å². The van der Waals surface area contributed by atoms with Crippen molar-refractivity contribution in [3.63, 3.8) is 0 Å². The molecule has 3 aromatic carbocycles. The molecule has 3 heterocycles. The number of fused-ring (bicyclic) bond motifs is 2. The highest BCUT2D eigenvalue weighted by molar-refractivity contribution is 6.01. The molecule has 1 saturated heterocycles. The number of carbonyl (C=O) groups excluding carboxylic acids is 1. The normalized spacial score (nSPS) is 18.0. The number of rotatable bonds is 5. The summed E-state index contributed by atoms with van der Waals surface area (Å²) >= 11 is 0. The Morgan fingerprint density at radius 1 is 0.950 bits per heavy atom. The molecule has 2 atom stereocenters. The Morgan fingerprint density at radius 3 is 2.42 bits per heavy atom. The molecular formula is C34H36N4O2. The highest BCUT2D eigenvalue weighted by Crippen LogP contribution is 2.36. The van der Waals surface area contributed by atoms with Crippen LogP contribution >= 0.6 is 0 Å². The second kappa shape index (κ2) is 10.4. The number of nitrogens with zero attached hydrogens (tertiary/aromatic N) is 4. The number of methoxy groups -OCH3 is 1. The number of aromatic nitrogens is 2. The Bertz CT molecular complexity index is 1710. The fourth-order valence-corrected chi connectivity index (χ4v) is 6.06. The standard InChI is InChI=1S/C34H36N4O2/c1-22-9-8-12-30(35-22)29-14-13-25(27-10-6-7-11-28(27)29)18-34(39)38-16-15-26-17-33(40-5)32(19-31(26)38)37-20-23(2)36(4)24(3)21-37/h6-17,19,23-24H,18,20-21H2,1-5H3. The highest BCUT2D eigenvalue weighted by Gasteiger charge is 2.28. The molecule has 0 N–H and O–H groups in total. The molecule has 0 bridgehead atoms. The maximum absolute atomic E-state index is 13.8. The van der Waals surface area contributed by atoms with E-state index >= 15 is 0 Å². The lowest BCUT2D eigenvalue weighted by Crippen LogP contribution is -2.55. The fourth-order valence-electron chi connectivity index (χ4n) is 6.06. The molecule has 2 unspecified atom stereocenters. The molecule has 0 amide bonds. The van der Waals surface area contributed by atoms with Crippen LogP contribution in [0.5, 0.6) is 5.75 Å². The summed E-state index contributed by atoms with van der Waals surface area (Å²) in [7, 11) is 3.90. The quantitative estimate of drug-likeness (QED) is 0.256. The van der Waals surface area contributed by atoms with Gasteiger partial charge in [-0.25, -0.2) is 0 Å². The second-order valence-corrected chi connectivity index (χ2v) is 11.1. The molecule has 1 aliphatic heterocycles. The molecule has 1 fully saturated rings. The Morgan fingerprint density at radius 2 is 1.70 bits per heavy atom. The van der Waals surface area contributed by atoms with Crippen LogP contribution in [0.15, 0.2) is 79.0 Å². The van der Waals surface area contributed by atoms with E-state index in [-0.39, 0.29) is 5.91 Å². The van der Waals surface area contributed by atoms with E-state index in [0.29, 0.717) is 18.5 Å². The third-order valence-electron chi connectivity index (χ3n) is 8.48. The molecule has 0 radical (unpaired) electrons. The van der Waals surface area contributed by atoms with Gasteiger partial charge in [0, 0.05) is 48.0 Å². The average Bonchev–Trinajstić information content (AvgIpc) is 3.38. The molecular weight excluding hydrogens is 496 g/mol. The van der Waals surface area contributed by atoms with Crippen LogP contribution in [0.25, 0.3) is 32.9 Å². The first-order chi connectivity index (χ1) is 19.3. The van der Waals surface area contributed by atoms with Gasteiger partial charge >= 0.3 is 0 Å². The van der Waals surface area contributed by atoms with Crippen LogP contribution < -0.4 is 9.64 Å². The van der Waals surface area contributed by atoms with E-state index in [0.717, 1.165) is 68.7 Å². The number of ether oxygens (including phenoxy) is 1. The first kappa shape index (κ1) is 26.1. The van der Waals surface area contributed by atoms with Crippen LogP contribution in [0, 0.1) is 6.92 Å². The first-order valence-corrected chi connectivity index (χ1v) is 14.0. The zero-order chi connectivity index (χ0) is 28.0. The van der Waals surface area contributed by atoms with Gasteiger partial charge in [0.2, 0.25) is 5.91 Å². The number of benzene rings is 3. The summed E-state index contributed by atoms with van der Waals surface area (Å²) in [6, 6.07) is 25.6. The third kappa shape index (κ3) is 4.62. The van der Waals surface area contributed by atoms with Gasteiger partial charge in [0.15, 0.2) is 0 Å². The van der Waals surface area contributed by atoms with Gasteiger partial charge in [0.1, 0.15) is 5.75 Å². The Balaban J connectivity index is 1.36. The van der Waals surface area contributed by atoms with Crippen molar-refractivity contribution in [1.82, 2.24) is 14.5 Å². The van der Waals surface area contributed by atoms with Gasteiger partial charge < -0.3 is 9.64 Å². The van der Waals surface area contributed by atoms with E-state index < -0.39 is 0 Å². The number of piperazine rings is 1. The lowest BCUT2D eigenvalue weighted by molar-refractivity contribution is 0.0920. The molecule has 40 heavy (non-hydrogen) atoms. The van der Waals surface area contributed by atoms with E-state index in [4.69, 9.17) is 9.72 Å². The van der Waals surface area contributed by atoms with Crippen molar-refractivity contribution in [2.45, 2.75) is 39.3 Å². The van der Waals surface area contributed by atoms with Gasteiger partial charge in [-0.2, -0.15) is 0 Å². The van der Waals surface area contributed by atoms with Crippen LogP contribution in [-0.2, 0) is 6.42 Å². The summed E-state index contributed by atoms with van der Waals surface area (Å²) in [6.07, 6.45) is 2.19. The largest absolute Gasteiger partial charge is 0.495 e. The van der Waals surface area contributed by atoms with Crippen molar-refractivity contribution >= 4 is 33.3 Å². The molecule has 6 nitrogen and oxygen atoms in total. The van der Waals surface area contributed by atoms with Crippen LogP contribution in [0.4, 0.5) is 5.69 Å². The van der Waals surface area contributed by atoms with Crippen LogP contribution in [0.3, 0.4) is 0 Å². The SMILES string of the molecule is COc1cc2ccn(C(=O)Cc3ccc(-c4cccc(C)n4)c4ccccc34)c2cc1N1CC(C)N(C)C(C)C1. The highest BCUT2D eigenvalue weighted by atomic mass is 16.5. The third-order valence-corrected chi connectivity index (χ3v) is 8.48. The number of anilines is 1. The molecule has 1 aliphatic rings. The number of carbonyl (C=O) groups is 1. The number of pyridine rings is 1. The van der Waals surface area contributed by atoms with E-state index in [2.05, 4.69) is 67.1 Å². The molecule has 5 aromatic rings. The zero-order valence-corrected chi connectivity index (χ0v) is 23.9. The van der Waals surface area contributed by atoms with Crippen LogP contribution in [-0.4, -0.2) is 59.7 Å². The molecule has 0 saturated carbocycles. The van der Waals surface area contributed by atoms with Crippen molar-refractivity contribution < 1.29 is 9.53 Å². The molecule has 204 valence electrons. The Labute approximate surface area is 235 Å². The smallest absolute Gasteiger partial charge is 0.235 e. The van der Waals surface area contributed by atoms with Crippen molar-refractivity contribution in [2.75, 3.05) is 32.1 Å². The van der Waals surface area contributed by atoms with Gasteiger partial charge in [-0.05, 0) is 74.5 Å².